The maximum atomic E-state index is 12.6. The standard InChI is InChI=1S/C26H17N5O3S/c27-14-17-5-1-2-6-18(17)15-30-16-19(22-7-3-4-8-23(22)30)13-24-25(32)29-26(35-24)28-20-9-11-21(12-10-20)31(33)34/h1-13,16H,15H2,(H,28,29,32)/b24-13-. The lowest BCUT2D eigenvalue weighted by atomic mass is 10.1. The SMILES string of the molecule is N#Cc1ccccc1Cn1cc(/C=C2\SC(=Nc3ccc([N+](=O)[O-])cc3)NC2=O)c2ccccc21. The maximum Gasteiger partial charge on any atom is 0.269 e. The van der Waals surface area contributed by atoms with Gasteiger partial charge in [-0.3, -0.25) is 14.9 Å². The molecule has 1 fully saturated rings. The summed E-state index contributed by atoms with van der Waals surface area (Å²) in [4.78, 5) is 27.9. The predicted molar refractivity (Wildman–Crippen MR) is 136 cm³/mol. The van der Waals surface area contributed by atoms with Crippen LogP contribution in [0.2, 0.25) is 0 Å². The van der Waals surface area contributed by atoms with Crippen LogP contribution < -0.4 is 5.32 Å². The number of rotatable bonds is 5. The van der Waals surface area contributed by atoms with Crippen LogP contribution >= 0.6 is 11.8 Å². The highest BCUT2D eigenvalue weighted by atomic mass is 32.2. The second-order valence-corrected chi connectivity index (χ2v) is 8.78. The summed E-state index contributed by atoms with van der Waals surface area (Å²) in [6.45, 7) is 0.527. The van der Waals surface area contributed by atoms with Crippen molar-refractivity contribution in [1.82, 2.24) is 9.88 Å². The monoisotopic (exact) mass is 479 g/mol. The molecule has 1 N–H and O–H groups in total. The molecule has 8 nitrogen and oxygen atoms in total. The van der Waals surface area contributed by atoms with Crippen LogP contribution in [0.3, 0.4) is 0 Å². The summed E-state index contributed by atoms with van der Waals surface area (Å²) < 4.78 is 2.07. The molecular weight excluding hydrogens is 462 g/mol. The molecule has 35 heavy (non-hydrogen) atoms. The molecule has 0 atom stereocenters. The number of nitrogens with zero attached hydrogens (tertiary/aromatic N) is 4. The number of aliphatic imine (C=N–C) groups is 1. The fourth-order valence-electron chi connectivity index (χ4n) is 3.86. The number of hydrogen-bond acceptors (Lipinski definition) is 6. The van der Waals surface area contributed by atoms with Crippen molar-refractivity contribution in [2.24, 2.45) is 4.99 Å². The van der Waals surface area contributed by atoms with Gasteiger partial charge in [0.25, 0.3) is 11.6 Å². The molecule has 1 saturated heterocycles. The molecule has 4 aromatic rings. The van der Waals surface area contributed by atoms with Gasteiger partial charge in [0, 0.05) is 41.3 Å². The fraction of sp³-hybridized carbons (Fsp3) is 0.0385. The van der Waals surface area contributed by atoms with Gasteiger partial charge >= 0.3 is 0 Å². The first kappa shape index (κ1) is 22.1. The number of para-hydroxylation sites is 1. The molecule has 1 aliphatic heterocycles. The van der Waals surface area contributed by atoms with E-state index in [0.29, 0.717) is 27.9 Å². The van der Waals surface area contributed by atoms with E-state index < -0.39 is 4.92 Å². The van der Waals surface area contributed by atoms with E-state index in [9.17, 15) is 20.2 Å². The predicted octanol–water partition coefficient (Wildman–Crippen LogP) is 5.36. The Morgan fingerprint density at radius 3 is 2.60 bits per heavy atom. The van der Waals surface area contributed by atoms with Gasteiger partial charge in [-0.25, -0.2) is 4.99 Å². The molecule has 1 aliphatic rings. The van der Waals surface area contributed by atoms with Crippen LogP contribution in [0.1, 0.15) is 16.7 Å². The van der Waals surface area contributed by atoms with Gasteiger partial charge in [0.1, 0.15) is 0 Å². The zero-order valence-electron chi connectivity index (χ0n) is 18.2. The first-order chi connectivity index (χ1) is 17.0. The average Bonchev–Trinajstić information content (AvgIpc) is 3.39. The summed E-state index contributed by atoms with van der Waals surface area (Å²) in [5.74, 6) is -0.262. The van der Waals surface area contributed by atoms with Crippen molar-refractivity contribution in [3.63, 3.8) is 0 Å². The van der Waals surface area contributed by atoms with Crippen molar-refractivity contribution in [3.8, 4) is 6.07 Å². The molecule has 0 saturated carbocycles. The van der Waals surface area contributed by atoms with Crippen LogP contribution in [0.25, 0.3) is 17.0 Å². The van der Waals surface area contributed by atoms with Gasteiger partial charge in [-0.05, 0) is 47.7 Å². The second kappa shape index (κ2) is 9.29. The molecule has 170 valence electrons. The first-order valence-corrected chi connectivity index (χ1v) is 11.4. The average molecular weight is 480 g/mol. The van der Waals surface area contributed by atoms with Crippen molar-refractivity contribution in [2.45, 2.75) is 6.54 Å². The van der Waals surface area contributed by atoms with E-state index in [1.165, 1.54) is 36.0 Å². The van der Waals surface area contributed by atoms with E-state index in [0.717, 1.165) is 22.0 Å². The van der Waals surface area contributed by atoms with Crippen molar-refractivity contribution in [2.75, 3.05) is 0 Å². The Kier molecular flexibility index (Phi) is 5.87. The minimum atomic E-state index is -0.473. The van der Waals surface area contributed by atoms with E-state index in [2.05, 4.69) is 20.9 Å². The number of benzene rings is 3. The number of nitriles is 1. The van der Waals surface area contributed by atoms with Crippen LogP contribution in [-0.2, 0) is 11.3 Å². The Balaban J connectivity index is 1.45. The lowest BCUT2D eigenvalue weighted by Crippen LogP contribution is -2.19. The topological polar surface area (TPSA) is 113 Å². The lowest BCUT2D eigenvalue weighted by Gasteiger charge is -2.07. The molecule has 1 amide bonds. The molecule has 0 bridgehead atoms. The van der Waals surface area contributed by atoms with Crippen LogP contribution in [-0.4, -0.2) is 20.6 Å². The largest absolute Gasteiger partial charge is 0.342 e. The first-order valence-electron chi connectivity index (χ1n) is 10.6. The minimum Gasteiger partial charge on any atom is -0.342 e. The molecule has 2 heterocycles. The highest BCUT2D eigenvalue weighted by Crippen LogP contribution is 2.31. The normalized spacial score (nSPS) is 15.5. The van der Waals surface area contributed by atoms with E-state index in [4.69, 9.17) is 0 Å². The third kappa shape index (κ3) is 4.55. The van der Waals surface area contributed by atoms with Crippen LogP contribution in [0, 0.1) is 21.4 Å². The molecule has 1 aromatic heterocycles. The number of thioether (sulfide) groups is 1. The van der Waals surface area contributed by atoms with Crippen molar-refractivity contribution in [3.05, 3.63) is 111 Å². The summed E-state index contributed by atoms with van der Waals surface area (Å²) in [5, 5.41) is 24.4. The Hall–Kier alpha value is -4.68. The summed E-state index contributed by atoms with van der Waals surface area (Å²) >= 11 is 1.21. The van der Waals surface area contributed by atoms with E-state index >= 15 is 0 Å². The molecule has 5 rings (SSSR count). The second-order valence-electron chi connectivity index (χ2n) is 7.75. The van der Waals surface area contributed by atoms with Gasteiger partial charge in [0.15, 0.2) is 5.17 Å². The van der Waals surface area contributed by atoms with Gasteiger partial charge < -0.3 is 9.88 Å². The van der Waals surface area contributed by atoms with Gasteiger partial charge in [0.05, 0.1) is 27.1 Å². The maximum absolute atomic E-state index is 12.6. The zero-order chi connectivity index (χ0) is 24.4. The van der Waals surface area contributed by atoms with Gasteiger partial charge in [-0.1, -0.05) is 36.4 Å². The summed E-state index contributed by atoms with van der Waals surface area (Å²) in [5.41, 5.74) is 3.90. The Morgan fingerprint density at radius 1 is 1.09 bits per heavy atom. The molecule has 3 aromatic carbocycles. The number of carbonyl (C=O) groups excluding carboxylic acids is 1. The summed E-state index contributed by atoms with van der Waals surface area (Å²) in [7, 11) is 0. The van der Waals surface area contributed by atoms with Crippen LogP contribution in [0.5, 0.6) is 0 Å². The summed E-state index contributed by atoms with van der Waals surface area (Å²) in [6.07, 6.45) is 3.80. The third-order valence-corrected chi connectivity index (χ3v) is 6.44. The number of amidine groups is 1. The van der Waals surface area contributed by atoms with Gasteiger partial charge in [-0.2, -0.15) is 5.26 Å². The molecular formula is C26H17N5O3S. The Bertz CT molecular complexity index is 1580. The van der Waals surface area contributed by atoms with E-state index in [1.54, 1.807) is 6.07 Å². The number of nitro benzene ring substituents is 1. The highest BCUT2D eigenvalue weighted by Gasteiger charge is 2.24. The number of fused-ring (bicyclic) bond motifs is 1. The van der Waals surface area contributed by atoms with Gasteiger partial charge in [0.2, 0.25) is 0 Å². The molecule has 0 radical (unpaired) electrons. The summed E-state index contributed by atoms with van der Waals surface area (Å²) in [6, 6.07) is 23.5. The smallest absolute Gasteiger partial charge is 0.269 e. The van der Waals surface area contributed by atoms with Crippen molar-refractivity contribution < 1.29 is 9.72 Å². The number of nitrogens with one attached hydrogen (secondary N) is 1. The van der Waals surface area contributed by atoms with Crippen molar-refractivity contribution >= 4 is 51.2 Å². The quantitative estimate of drug-likeness (QED) is 0.235. The number of amides is 1. The molecule has 0 spiro atoms. The van der Waals surface area contributed by atoms with E-state index in [1.807, 2.05) is 54.7 Å². The lowest BCUT2D eigenvalue weighted by molar-refractivity contribution is -0.384. The molecule has 0 aliphatic carbocycles. The van der Waals surface area contributed by atoms with E-state index in [-0.39, 0.29) is 11.6 Å². The third-order valence-electron chi connectivity index (χ3n) is 5.53. The Labute approximate surface area is 204 Å². The van der Waals surface area contributed by atoms with Crippen LogP contribution in [0.4, 0.5) is 11.4 Å². The van der Waals surface area contributed by atoms with Crippen molar-refractivity contribution in [1.29, 1.82) is 5.26 Å². The molecule has 0 unspecified atom stereocenters. The highest BCUT2D eigenvalue weighted by molar-refractivity contribution is 8.18. The zero-order valence-corrected chi connectivity index (χ0v) is 19.0. The number of hydrogen-bond donors (Lipinski definition) is 1. The molecule has 9 heteroatoms. The number of nitro groups is 1. The Morgan fingerprint density at radius 2 is 1.83 bits per heavy atom. The van der Waals surface area contributed by atoms with Gasteiger partial charge in [-0.15, -0.1) is 0 Å². The minimum absolute atomic E-state index is 0.0218. The number of non-ortho nitro benzene ring substituents is 1. The number of carbonyl (C=O) groups is 1. The number of aromatic nitrogens is 1. The fourth-order valence-corrected chi connectivity index (χ4v) is 4.69. The van der Waals surface area contributed by atoms with Crippen LogP contribution in [0.15, 0.2) is 88.9 Å².